The summed E-state index contributed by atoms with van der Waals surface area (Å²) in [6.45, 7) is 5.58. The van der Waals surface area contributed by atoms with Crippen LogP contribution in [0.3, 0.4) is 0 Å². The zero-order valence-corrected chi connectivity index (χ0v) is 9.11. The van der Waals surface area contributed by atoms with Gasteiger partial charge in [0.25, 0.3) is 0 Å². The maximum atomic E-state index is 10.3. The van der Waals surface area contributed by atoms with Crippen LogP contribution in [0, 0.1) is 5.92 Å². The van der Waals surface area contributed by atoms with Crippen molar-refractivity contribution in [3.05, 3.63) is 35.0 Å². The number of thiophene rings is 1. The van der Waals surface area contributed by atoms with Crippen LogP contribution >= 0.6 is 22.9 Å². The van der Waals surface area contributed by atoms with Gasteiger partial charge in [-0.05, 0) is 11.4 Å². The van der Waals surface area contributed by atoms with Crippen molar-refractivity contribution in [1.82, 2.24) is 0 Å². The third-order valence-corrected chi connectivity index (χ3v) is 3.70. The number of rotatable bonds is 4. The molecule has 0 aliphatic carbocycles. The first-order valence-corrected chi connectivity index (χ1v) is 5.51. The van der Waals surface area contributed by atoms with Crippen molar-refractivity contribution in [3.63, 3.8) is 0 Å². The molecule has 1 aromatic heterocycles. The molecule has 0 spiro atoms. The van der Waals surface area contributed by atoms with Crippen LogP contribution < -0.4 is 0 Å². The summed E-state index contributed by atoms with van der Waals surface area (Å²) in [5.74, 6) is 0.157. The normalized spacial score (nSPS) is 17.8. The Balaban J connectivity index is 3.00. The highest BCUT2D eigenvalue weighted by atomic mass is 35.5. The first kappa shape index (κ1) is 10.8. The minimum atomic E-state index is -0.961. The quantitative estimate of drug-likeness (QED) is 0.606. The smallest absolute Gasteiger partial charge is 0.118 e. The summed E-state index contributed by atoms with van der Waals surface area (Å²) in [6, 6.07) is 3.81. The minimum absolute atomic E-state index is 0.0383. The lowest BCUT2D eigenvalue weighted by molar-refractivity contribution is 0.0279. The summed E-state index contributed by atoms with van der Waals surface area (Å²) in [5.41, 5.74) is -0.961. The molecule has 0 bridgehead atoms. The van der Waals surface area contributed by atoms with Crippen molar-refractivity contribution in [2.24, 2.45) is 5.92 Å². The van der Waals surface area contributed by atoms with Crippen molar-refractivity contribution >= 4 is 22.9 Å². The molecular formula is C10H13ClOS. The maximum absolute atomic E-state index is 10.3. The summed E-state index contributed by atoms with van der Waals surface area (Å²) in [4.78, 5) is 0.898. The highest BCUT2D eigenvalue weighted by Crippen LogP contribution is 2.34. The number of alkyl halides is 1. The van der Waals surface area contributed by atoms with Crippen LogP contribution in [0.5, 0.6) is 0 Å². The summed E-state index contributed by atoms with van der Waals surface area (Å²) < 4.78 is 0. The van der Waals surface area contributed by atoms with Gasteiger partial charge in [0, 0.05) is 10.8 Å². The van der Waals surface area contributed by atoms with E-state index in [0.29, 0.717) is 0 Å². The first-order valence-electron chi connectivity index (χ1n) is 4.10. The third kappa shape index (κ3) is 1.96. The average Bonchev–Trinajstić information content (AvgIpc) is 2.68. The van der Waals surface area contributed by atoms with E-state index in [1.54, 1.807) is 6.08 Å². The van der Waals surface area contributed by atoms with Gasteiger partial charge in [-0.2, -0.15) is 0 Å². The molecule has 0 amide bonds. The molecular weight excluding hydrogens is 204 g/mol. The standard InChI is InChI=1S/C10H13ClOS/c1-3-8(2)10(12,7-11)9-5-4-6-13-9/h3-6,8,12H,1,7H2,2H3. The first-order chi connectivity index (χ1) is 6.15. The molecule has 0 saturated heterocycles. The van der Waals surface area contributed by atoms with E-state index in [4.69, 9.17) is 11.6 Å². The molecule has 1 aromatic rings. The fraction of sp³-hybridized carbons (Fsp3) is 0.400. The number of halogens is 1. The predicted molar refractivity (Wildman–Crippen MR) is 58.3 cm³/mol. The molecule has 3 heteroatoms. The van der Waals surface area contributed by atoms with Gasteiger partial charge in [0.15, 0.2) is 0 Å². The Labute approximate surface area is 87.7 Å². The van der Waals surface area contributed by atoms with Gasteiger partial charge in [-0.3, -0.25) is 0 Å². The van der Waals surface area contributed by atoms with E-state index in [9.17, 15) is 5.11 Å². The summed E-state index contributed by atoms with van der Waals surface area (Å²) in [5, 5.41) is 12.2. The Morgan fingerprint density at radius 1 is 1.85 bits per heavy atom. The van der Waals surface area contributed by atoms with E-state index in [1.165, 1.54) is 11.3 Å². The van der Waals surface area contributed by atoms with Crippen molar-refractivity contribution in [1.29, 1.82) is 0 Å². The van der Waals surface area contributed by atoms with Gasteiger partial charge in [0.2, 0.25) is 0 Å². The Hall–Kier alpha value is -0.310. The van der Waals surface area contributed by atoms with E-state index in [0.717, 1.165) is 4.88 Å². The van der Waals surface area contributed by atoms with Crippen LogP contribution in [0.4, 0.5) is 0 Å². The average molecular weight is 217 g/mol. The van der Waals surface area contributed by atoms with Crippen LogP contribution in [-0.2, 0) is 5.60 Å². The van der Waals surface area contributed by atoms with Crippen LogP contribution in [0.15, 0.2) is 30.2 Å². The SMILES string of the molecule is C=CC(C)C(O)(CCl)c1cccs1. The molecule has 0 radical (unpaired) electrons. The van der Waals surface area contributed by atoms with Crippen molar-refractivity contribution in [3.8, 4) is 0 Å². The van der Waals surface area contributed by atoms with Gasteiger partial charge >= 0.3 is 0 Å². The van der Waals surface area contributed by atoms with Gasteiger partial charge in [-0.15, -0.1) is 29.5 Å². The monoisotopic (exact) mass is 216 g/mol. The number of hydrogen-bond donors (Lipinski definition) is 1. The molecule has 13 heavy (non-hydrogen) atoms. The maximum Gasteiger partial charge on any atom is 0.118 e. The second kappa shape index (κ2) is 4.27. The van der Waals surface area contributed by atoms with E-state index in [-0.39, 0.29) is 11.8 Å². The van der Waals surface area contributed by atoms with Gasteiger partial charge in [0.1, 0.15) is 5.60 Å². The molecule has 72 valence electrons. The summed E-state index contributed by atoms with van der Waals surface area (Å²) in [7, 11) is 0. The number of aliphatic hydroxyl groups is 1. The Kier molecular flexibility index (Phi) is 3.54. The Morgan fingerprint density at radius 3 is 2.92 bits per heavy atom. The highest BCUT2D eigenvalue weighted by Gasteiger charge is 2.34. The van der Waals surface area contributed by atoms with Crippen LogP contribution in [-0.4, -0.2) is 11.0 Å². The molecule has 0 aliphatic heterocycles. The summed E-state index contributed by atoms with van der Waals surface area (Å²) in [6.07, 6.45) is 1.72. The fourth-order valence-corrected chi connectivity index (χ4v) is 2.52. The van der Waals surface area contributed by atoms with Gasteiger partial charge in [0.05, 0.1) is 5.88 Å². The van der Waals surface area contributed by atoms with E-state index in [2.05, 4.69) is 6.58 Å². The molecule has 1 nitrogen and oxygen atoms in total. The number of hydrogen-bond acceptors (Lipinski definition) is 2. The van der Waals surface area contributed by atoms with Gasteiger partial charge in [-0.25, -0.2) is 0 Å². The topological polar surface area (TPSA) is 20.2 Å². The van der Waals surface area contributed by atoms with Crippen LogP contribution in [0.2, 0.25) is 0 Å². The predicted octanol–water partition coefficient (Wildman–Crippen LogP) is 3.00. The molecule has 1 rings (SSSR count). The highest BCUT2D eigenvalue weighted by molar-refractivity contribution is 7.10. The minimum Gasteiger partial charge on any atom is -0.382 e. The largest absolute Gasteiger partial charge is 0.382 e. The van der Waals surface area contributed by atoms with Crippen LogP contribution in [0.25, 0.3) is 0 Å². The van der Waals surface area contributed by atoms with E-state index < -0.39 is 5.60 Å². The summed E-state index contributed by atoms with van der Waals surface area (Å²) >= 11 is 7.30. The molecule has 2 atom stereocenters. The second-order valence-corrected chi connectivity index (χ2v) is 4.27. The lowest BCUT2D eigenvalue weighted by Gasteiger charge is -2.29. The molecule has 0 aliphatic rings. The van der Waals surface area contributed by atoms with Gasteiger partial charge in [-0.1, -0.05) is 19.1 Å². The molecule has 0 saturated carbocycles. The van der Waals surface area contributed by atoms with Crippen molar-refractivity contribution in [2.75, 3.05) is 5.88 Å². The third-order valence-electron chi connectivity index (χ3n) is 2.26. The van der Waals surface area contributed by atoms with Crippen molar-refractivity contribution in [2.45, 2.75) is 12.5 Å². The molecule has 0 fully saturated rings. The lowest BCUT2D eigenvalue weighted by atomic mass is 9.89. The molecule has 0 aromatic carbocycles. The lowest BCUT2D eigenvalue weighted by Crippen LogP contribution is -2.33. The van der Waals surface area contributed by atoms with E-state index >= 15 is 0 Å². The molecule has 1 N–H and O–H groups in total. The second-order valence-electron chi connectivity index (χ2n) is 3.06. The van der Waals surface area contributed by atoms with E-state index in [1.807, 2.05) is 24.4 Å². The fourth-order valence-electron chi connectivity index (χ4n) is 1.13. The van der Waals surface area contributed by atoms with Crippen LogP contribution in [0.1, 0.15) is 11.8 Å². The van der Waals surface area contributed by atoms with Gasteiger partial charge < -0.3 is 5.11 Å². The Bertz CT molecular complexity index is 270. The zero-order chi connectivity index (χ0) is 9.90. The Morgan fingerprint density at radius 2 is 2.54 bits per heavy atom. The molecule has 1 heterocycles. The zero-order valence-electron chi connectivity index (χ0n) is 7.53. The molecule has 2 unspecified atom stereocenters. The van der Waals surface area contributed by atoms with Crippen molar-refractivity contribution < 1.29 is 5.11 Å².